The number of thiophene rings is 1. The third-order valence-electron chi connectivity index (χ3n) is 3.02. The molecule has 0 radical (unpaired) electrons. The Hall–Kier alpha value is 0.450. The normalized spacial score (nSPS) is 25.5. The van der Waals surface area contributed by atoms with E-state index in [0.29, 0.717) is 0 Å². The molecule has 18 heavy (non-hydrogen) atoms. The predicted octanol–water partition coefficient (Wildman–Crippen LogP) is 3.43. The van der Waals surface area contributed by atoms with Crippen LogP contribution in [0.25, 0.3) is 0 Å². The lowest BCUT2D eigenvalue weighted by atomic mass is 10.3. The maximum Gasteiger partial charge on any atom is 0.0300 e. The van der Waals surface area contributed by atoms with E-state index in [-0.39, 0.29) is 0 Å². The molecule has 0 amide bonds. The summed E-state index contributed by atoms with van der Waals surface area (Å²) in [5.74, 6) is 0. The van der Waals surface area contributed by atoms with Crippen LogP contribution in [0.2, 0.25) is 0 Å². The quantitative estimate of drug-likeness (QED) is 0.820. The summed E-state index contributed by atoms with van der Waals surface area (Å²) in [5, 5.41) is 7.23. The van der Waals surface area contributed by atoms with Gasteiger partial charge in [-0.25, -0.2) is 0 Å². The molecule has 0 aromatic carbocycles. The molecule has 0 spiro atoms. The summed E-state index contributed by atoms with van der Waals surface area (Å²) in [5.41, 5.74) is 0. The second-order valence-corrected chi connectivity index (χ2v) is 8.72. The van der Waals surface area contributed by atoms with Gasteiger partial charge in [0.15, 0.2) is 0 Å². The number of thioether (sulfide) groups is 1. The van der Waals surface area contributed by atoms with Gasteiger partial charge in [0.2, 0.25) is 0 Å². The molecule has 2 atom stereocenters. The first-order valence-electron chi connectivity index (χ1n) is 6.45. The SMILES string of the molecule is CC1CN(CCNCc2cc(Br)cs2)CC(C)S1. The molecule has 0 bridgehead atoms. The van der Waals surface area contributed by atoms with Crippen molar-refractivity contribution in [2.75, 3.05) is 26.2 Å². The van der Waals surface area contributed by atoms with E-state index in [1.165, 1.54) is 29.0 Å². The molecule has 1 fully saturated rings. The topological polar surface area (TPSA) is 15.3 Å². The maximum atomic E-state index is 3.53. The Kier molecular flexibility index (Phi) is 6.01. The fourth-order valence-electron chi connectivity index (χ4n) is 2.36. The molecule has 0 aliphatic carbocycles. The molecule has 1 aliphatic heterocycles. The van der Waals surface area contributed by atoms with Gasteiger partial charge in [0.25, 0.3) is 0 Å². The highest BCUT2D eigenvalue weighted by Gasteiger charge is 2.21. The van der Waals surface area contributed by atoms with Crippen LogP contribution in [0.3, 0.4) is 0 Å². The van der Waals surface area contributed by atoms with Crippen molar-refractivity contribution >= 4 is 39.0 Å². The fourth-order valence-corrected chi connectivity index (χ4v) is 5.17. The van der Waals surface area contributed by atoms with Crippen molar-refractivity contribution in [2.24, 2.45) is 0 Å². The van der Waals surface area contributed by atoms with Gasteiger partial charge in [-0.2, -0.15) is 11.8 Å². The van der Waals surface area contributed by atoms with Crippen molar-refractivity contribution < 1.29 is 0 Å². The summed E-state index contributed by atoms with van der Waals surface area (Å²) in [6.45, 7) is 10.4. The molecule has 1 aromatic heterocycles. The smallest absolute Gasteiger partial charge is 0.0300 e. The Morgan fingerprint density at radius 1 is 1.39 bits per heavy atom. The molecule has 1 aliphatic rings. The largest absolute Gasteiger partial charge is 0.311 e. The number of hydrogen-bond acceptors (Lipinski definition) is 4. The summed E-state index contributed by atoms with van der Waals surface area (Å²) in [7, 11) is 0. The standard InChI is InChI=1S/C13H21BrN2S2/c1-10-7-16(8-11(2)18-10)4-3-15-6-13-5-12(14)9-17-13/h5,9-11,15H,3-4,6-8H2,1-2H3. The highest BCUT2D eigenvalue weighted by molar-refractivity contribution is 9.10. The van der Waals surface area contributed by atoms with Gasteiger partial charge < -0.3 is 5.32 Å². The average Bonchev–Trinajstić information content (AvgIpc) is 2.69. The Balaban J connectivity index is 1.63. The minimum atomic E-state index is 0.780. The van der Waals surface area contributed by atoms with Crippen molar-refractivity contribution in [1.82, 2.24) is 10.2 Å². The van der Waals surface area contributed by atoms with Gasteiger partial charge in [0, 0.05) is 58.0 Å². The molecule has 2 rings (SSSR count). The minimum Gasteiger partial charge on any atom is -0.311 e. The second-order valence-electron chi connectivity index (χ2n) is 4.92. The average molecular weight is 349 g/mol. The van der Waals surface area contributed by atoms with E-state index in [4.69, 9.17) is 0 Å². The summed E-state index contributed by atoms with van der Waals surface area (Å²) in [4.78, 5) is 3.99. The van der Waals surface area contributed by atoms with E-state index in [1.54, 1.807) is 0 Å². The second kappa shape index (κ2) is 7.29. The van der Waals surface area contributed by atoms with Crippen molar-refractivity contribution in [1.29, 1.82) is 0 Å². The summed E-state index contributed by atoms with van der Waals surface area (Å²) in [6, 6.07) is 2.19. The molecular weight excluding hydrogens is 328 g/mol. The van der Waals surface area contributed by atoms with E-state index in [2.05, 4.69) is 63.2 Å². The predicted molar refractivity (Wildman–Crippen MR) is 86.7 cm³/mol. The van der Waals surface area contributed by atoms with Crippen LogP contribution >= 0.6 is 39.0 Å². The summed E-state index contributed by atoms with van der Waals surface area (Å²) < 4.78 is 1.19. The number of rotatable bonds is 5. The van der Waals surface area contributed by atoms with Crippen molar-refractivity contribution in [3.63, 3.8) is 0 Å². The van der Waals surface area contributed by atoms with Crippen molar-refractivity contribution in [3.8, 4) is 0 Å². The first-order chi connectivity index (χ1) is 8.63. The van der Waals surface area contributed by atoms with Gasteiger partial charge in [-0.3, -0.25) is 4.90 Å². The van der Waals surface area contributed by atoms with Crippen LogP contribution in [0.1, 0.15) is 18.7 Å². The van der Waals surface area contributed by atoms with Gasteiger partial charge in [0.1, 0.15) is 0 Å². The van der Waals surface area contributed by atoms with Gasteiger partial charge in [-0.15, -0.1) is 11.3 Å². The lowest BCUT2D eigenvalue weighted by Gasteiger charge is -2.34. The van der Waals surface area contributed by atoms with Gasteiger partial charge >= 0.3 is 0 Å². The highest BCUT2D eigenvalue weighted by atomic mass is 79.9. The molecule has 102 valence electrons. The number of halogens is 1. The van der Waals surface area contributed by atoms with E-state index in [0.717, 1.165) is 23.6 Å². The third kappa shape index (κ3) is 4.85. The minimum absolute atomic E-state index is 0.780. The zero-order chi connectivity index (χ0) is 13.0. The molecule has 1 aromatic rings. The zero-order valence-electron chi connectivity index (χ0n) is 11.0. The van der Waals surface area contributed by atoms with Gasteiger partial charge in [0.05, 0.1) is 0 Å². The summed E-state index contributed by atoms with van der Waals surface area (Å²) in [6.07, 6.45) is 0. The van der Waals surface area contributed by atoms with Crippen LogP contribution in [0.15, 0.2) is 15.9 Å². The van der Waals surface area contributed by atoms with Gasteiger partial charge in [-0.05, 0) is 22.0 Å². The molecule has 5 heteroatoms. The van der Waals surface area contributed by atoms with Gasteiger partial charge in [-0.1, -0.05) is 13.8 Å². The highest BCUT2D eigenvalue weighted by Crippen LogP contribution is 2.24. The van der Waals surface area contributed by atoms with Crippen LogP contribution in [0.4, 0.5) is 0 Å². The van der Waals surface area contributed by atoms with Crippen LogP contribution in [0, 0.1) is 0 Å². The Morgan fingerprint density at radius 3 is 2.72 bits per heavy atom. The zero-order valence-corrected chi connectivity index (χ0v) is 14.2. The maximum absolute atomic E-state index is 3.53. The fraction of sp³-hybridized carbons (Fsp3) is 0.692. The Labute approximate surface area is 127 Å². The van der Waals surface area contributed by atoms with E-state index < -0.39 is 0 Å². The number of hydrogen-bond donors (Lipinski definition) is 1. The van der Waals surface area contributed by atoms with Crippen LogP contribution in [0.5, 0.6) is 0 Å². The van der Waals surface area contributed by atoms with Crippen molar-refractivity contribution in [2.45, 2.75) is 30.9 Å². The molecule has 2 heterocycles. The lowest BCUT2D eigenvalue weighted by Crippen LogP contribution is -2.43. The summed E-state index contributed by atoms with van der Waals surface area (Å²) >= 11 is 7.42. The molecule has 2 nitrogen and oxygen atoms in total. The Bertz CT molecular complexity index is 360. The lowest BCUT2D eigenvalue weighted by molar-refractivity contribution is 0.270. The van der Waals surface area contributed by atoms with E-state index in [1.807, 2.05) is 11.3 Å². The third-order valence-corrected chi connectivity index (χ3v) is 5.95. The molecule has 2 unspecified atom stereocenters. The molecule has 0 saturated carbocycles. The Morgan fingerprint density at radius 2 is 2.11 bits per heavy atom. The molecular formula is C13H21BrN2S2. The van der Waals surface area contributed by atoms with Crippen molar-refractivity contribution in [3.05, 3.63) is 20.8 Å². The number of nitrogens with zero attached hydrogens (tertiary/aromatic N) is 1. The molecule has 1 saturated heterocycles. The van der Waals surface area contributed by atoms with Crippen LogP contribution in [-0.2, 0) is 6.54 Å². The van der Waals surface area contributed by atoms with Crippen LogP contribution in [-0.4, -0.2) is 41.6 Å². The first kappa shape index (κ1) is 14.9. The first-order valence-corrected chi connectivity index (χ1v) is 9.06. The molecule has 1 N–H and O–H groups in total. The number of nitrogens with one attached hydrogen (secondary N) is 1. The van der Waals surface area contributed by atoms with Crippen LogP contribution < -0.4 is 5.32 Å². The van der Waals surface area contributed by atoms with E-state index in [9.17, 15) is 0 Å². The van der Waals surface area contributed by atoms with E-state index >= 15 is 0 Å². The monoisotopic (exact) mass is 348 g/mol.